The fourth-order valence-electron chi connectivity index (χ4n) is 3.50. The normalized spacial score (nSPS) is 17.9. The first-order valence-corrected chi connectivity index (χ1v) is 10.0. The van der Waals surface area contributed by atoms with Gasteiger partial charge in [-0.2, -0.15) is 0 Å². The molecule has 1 saturated heterocycles. The van der Waals surface area contributed by atoms with Gasteiger partial charge in [0.1, 0.15) is 0 Å². The first-order valence-electron chi connectivity index (χ1n) is 9.29. The summed E-state index contributed by atoms with van der Waals surface area (Å²) in [4.78, 5) is 33.5. The van der Waals surface area contributed by atoms with Crippen molar-refractivity contribution in [3.63, 3.8) is 0 Å². The highest BCUT2D eigenvalue weighted by molar-refractivity contribution is 6.42. The maximum Gasteiger partial charge on any atom is 0.253 e. The number of aromatic nitrogens is 1. The minimum Gasteiger partial charge on any atom is -0.339 e. The van der Waals surface area contributed by atoms with Crippen molar-refractivity contribution >= 4 is 35.0 Å². The minimum atomic E-state index is -0.218. The molecular weight excluding hydrogens is 397 g/mol. The molecule has 0 spiro atoms. The summed E-state index contributed by atoms with van der Waals surface area (Å²) in [5.41, 5.74) is 1.47. The summed E-state index contributed by atoms with van der Waals surface area (Å²) in [5.74, 6) is -0.299. The Morgan fingerprint density at radius 1 is 1.25 bits per heavy atom. The summed E-state index contributed by atoms with van der Waals surface area (Å²) < 4.78 is 0. The van der Waals surface area contributed by atoms with Crippen LogP contribution in [0.3, 0.4) is 0 Å². The molecule has 0 radical (unpaired) electrons. The second-order valence-corrected chi connectivity index (χ2v) is 7.95. The van der Waals surface area contributed by atoms with E-state index in [1.54, 1.807) is 47.4 Å². The number of pyridine rings is 1. The molecule has 7 heteroatoms. The smallest absolute Gasteiger partial charge is 0.253 e. The first kappa shape index (κ1) is 20.6. The van der Waals surface area contributed by atoms with Gasteiger partial charge in [0.25, 0.3) is 5.91 Å². The van der Waals surface area contributed by atoms with Gasteiger partial charge >= 0.3 is 0 Å². The number of nitrogens with zero attached hydrogens (tertiary/aromatic N) is 3. The van der Waals surface area contributed by atoms with Crippen LogP contribution in [0, 0.1) is 5.92 Å². The Kier molecular flexibility index (Phi) is 6.57. The van der Waals surface area contributed by atoms with E-state index in [0.29, 0.717) is 28.7 Å². The van der Waals surface area contributed by atoms with E-state index in [9.17, 15) is 9.59 Å². The van der Waals surface area contributed by atoms with Crippen LogP contribution in [0.4, 0.5) is 0 Å². The van der Waals surface area contributed by atoms with Crippen LogP contribution in [0.15, 0.2) is 42.7 Å². The lowest BCUT2D eigenvalue weighted by Crippen LogP contribution is -2.46. The number of carbonyl (C=O) groups is 2. The Hall–Kier alpha value is -2.11. The minimum absolute atomic E-state index is 0.0444. The summed E-state index contributed by atoms with van der Waals surface area (Å²) >= 11 is 12.0. The zero-order valence-corrected chi connectivity index (χ0v) is 17.5. The molecule has 148 valence electrons. The maximum absolute atomic E-state index is 13.0. The highest BCUT2D eigenvalue weighted by Crippen LogP contribution is 2.27. The molecule has 2 amide bonds. The van der Waals surface area contributed by atoms with Gasteiger partial charge < -0.3 is 9.80 Å². The predicted octanol–water partition coefficient (Wildman–Crippen LogP) is 4.46. The van der Waals surface area contributed by atoms with E-state index < -0.39 is 0 Å². The number of hydrogen-bond donors (Lipinski definition) is 0. The summed E-state index contributed by atoms with van der Waals surface area (Å²) in [7, 11) is 1.81. The van der Waals surface area contributed by atoms with Crippen molar-refractivity contribution in [1.29, 1.82) is 0 Å². The van der Waals surface area contributed by atoms with Crippen LogP contribution in [0.25, 0.3) is 0 Å². The lowest BCUT2D eigenvalue weighted by Gasteiger charge is -2.35. The lowest BCUT2D eigenvalue weighted by atomic mass is 9.95. The van der Waals surface area contributed by atoms with Gasteiger partial charge in [-0.1, -0.05) is 29.3 Å². The maximum atomic E-state index is 13.0. The highest BCUT2D eigenvalue weighted by Gasteiger charge is 2.32. The Morgan fingerprint density at radius 2 is 2.04 bits per heavy atom. The zero-order chi connectivity index (χ0) is 20.3. The quantitative estimate of drug-likeness (QED) is 0.734. The molecule has 3 rings (SSSR count). The van der Waals surface area contributed by atoms with Crippen LogP contribution < -0.4 is 0 Å². The van der Waals surface area contributed by atoms with E-state index >= 15 is 0 Å². The molecule has 1 aromatic carbocycles. The first-order chi connectivity index (χ1) is 13.4. The van der Waals surface area contributed by atoms with Gasteiger partial charge in [-0.05, 0) is 49.6 Å². The van der Waals surface area contributed by atoms with E-state index in [-0.39, 0.29) is 23.8 Å². The fourth-order valence-corrected chi connectivity index (χ4v) is 3.80. The number of likely N-dealkylation sites (tertiary alicyclic amines) is 1. The van der Waals surface area contributed by atoms with E-state index in [1.807, 2.05) is 19.1 Å². The molecule has 28 heavy (non-hydrogen) atoms. The van der Waals surface area contributed by atoms with Crippen LogP contribution >= 0.6 is 23.2 Å². The van der Waals surface area contributed by atoms with Crippen molar-refractivity contribution in [1.82, 2.24) is 14.8 Å². The Balaban J connectivity index is 1.69. The number of piperidine rings is 1. The highest BCUT2D eigenvalue weighted by atomic mass is 35.5. The second-order valence-electron chi connectivity index (χ2n) is 7.13. The Morgan fingerprint density at radius 3 is 2.71 bits per heavy atom. The van der Waals surface area contributed by atoms with Crippen molar-refractivity contribution < 1.29 is 9.59 Å². The molecule has 2 heterocycles. The van der Waals surface area contributed by atoms with Crippen molar-refractivity contribution in [3.8, 4) is 0 Å². The lowest BCUT2D eigenvalue weighted by molar-refractivity contribution is -0.137. The zero-order valence-electron chi connectivity index (χ0n) is 15.9. The second kappa shape index (κ2) is 8.93. The third-order valence-corrected chi connectivity index (χ3v) is 6.06. The fraction of sp³-hybridized carbons (Fsp3) is 0.381. The van der Waals surface area contributed by atoms with Crippen LogP contribution in [0.2, 0.25) is 10.0 Å². The Labute approximate surface area is 175 Å². The van der Waals surface area contributed by atoms with Crippen LogP contribution in [0.1, 0.15) is 41.7 Å². The molecule has 0 saturated carbocycles. The van der Waals surface area contributed by atoms with Gasteiger partial charge in [0, 0.05) is 38.1 Å². The molecule has 1 aromatic heterocycles. The molecule has 2 atom stereocenters. The van der Waals surface area contributed by atoms with Crippen LogP contribution in [-0.4, -0.2) is 46.7 Å². The van der Waals surface area contributed by atoms with Gasteiger partial charge in [0.15, 0.2) is 0 Å². The summed E-state index contributed by atoms with van der Waals surface area (Å²) in [6.45, 7) is 3.02. The number of halogens is 2. The van der Waals surface area contributed by atoms with Gasteiger partial charge in [-0.3, -0.25) is 14.6 Å². The van der Waals surface area contributed by atoms with Crippen LogP contribution in [0.5, 0.6) is 0 Å². The molecule has 0 bridgehead atoms. The average Bonchev–Trinajstić information content (AvgIpc) is 2.74. The standard InChI is InChI=1S/C21H23Cl2N3O2/c1-14(16-5-3-9-24-12-16)25(2)20(27)17-6-4-10-26(13-17)21(28)15-7-8-18(22)19(23)11-15/h3,5,7-9,11-12,14,17H,4,6,10,13H2,1-2H3. The van der Waals surface area contributed by atoms with Crippen molar-refractivity contribution in [3.05, 3.63) is 63.9 Å². The van der Waals surface area contributed by atoms with E-state index in [4.69, 9.17) is 23.2 Å². The summed E-state index contributed by atoms with van der Waals surface area (Å²) in [6, 6.07) is 8.60. The molecule has 1 fully saturated rings. The molecule has 2 unspecified atom stereocenters. The molecular formula is C21H23Cl2N3O2. The van der Waals surface area contributed by atoms with Gasteiger partial charge in [0.2, 0.25) is 5.91 Å². The topological polar surface area (TPSA) is 53.5 Å². The summed E-state index contributed by atoms with van der Waals surface area (Å²) in [5, 5.41) is 0.762. The SMILES string of the molecule is CC(c1cccnc1)N(C)C(=O)C1CCCN(C(=O)c2ccc(Cl)c(Cl)c2)C1. The number of hydrogen-bond acceptors (Lipinski definition) is 3. The van der Waals surface area contributed by atoms with Crippen LogP contribution in [-0.2, 0) is 4.79 Å². The third-order valence-electron chi connectivity index (χ3n) is 5.32. The number of amides is 2. The van der Waals surface area contributed by atoms with Gasteiger partial charge in [-0.15, -0.1) is 0 Å². The molecule has 1 aliphatic rings. The third kappa shape index (κ3) is 4.47. The van der Waals surface area contributed by atoms with Crippen molar-refractivity contribution in [2.24, 2.45) is 5.92 Å². The van der Waals surface area contributed by atoms with Crippen molar-refractivity contribution in [2.45, 2.75) is 25.8 Å². The van der Waals surface area contributed by atoms with E-state index in [1.165, 1.54) is 0 Å². The molecule has 5 nitrogen and oxygen atoms in total. The van der Waals surface area contributed by atoms with E-state index in [2.05, 4.69) is 4.98 Å². The number of benzene rings is 1. The molecule has 2 aromatic rings. The van der Waals surface area contributed by atoms with Crippen molar-refractivity contribution in [2.75, 3.05) is 20.1 Å². The van der Waals surface area contributed by atoms with Gasteiger partial charge in [0.05, 0.1) is 22.0 Å². The monoisotopic (exact) mass is 419 g/mol. The molecule has 0 N–H and O–H groups in total. The molecule has 0 aliphatic carbocycles. The largest absolute Gasteiger partial charge is 0.339 e. The average molecular weight is 420 g/mol. The van der Waals surface area contributed by atoms with Gasteiger partial charge in [-0.25, -0.2) is 0 Å². The number of rotatable bonds is 4. The Bertz CT molecular complexity index is 860. The number of carbonyl (C=O) groups excluding carboxylic acids is 2. The van der Waals surface area contributed by atoms with E-state index in [0.717, 1.165) is 18.4 Å². The predicted molar refractivity (Wildman–Crippen MR) is 111 cm³/mol. The summed E-state index contributed by atoms with van der Waals surface area (Å²) in [6.07, 6.45) is 5.05. The molecule has 1 aliphatic heterocycles.